The van der Waals surface area contributed by atoms with E-state index in [2.05, 4.69) is 10.1 Å². The summed E-state index contributed by atoms with van der Waals surface area (Å²) in [6, 6.07) is 13.2. The molecule has 10 nitrogen and oxygen atoms in total. The molecule has 0 bridgehead atoms. The van der Waals surface area contributed by atoms with Crippen LogP contribution in [0.1, 0.15) is 46.4 Å². The van der Waals surface area contributed by atoms with Gasteiger partial charge in [-0.15, -0.1) is 0 Å². The van der Waals surface area contributed by atoms with E-state index in [0.29, 0.717) is 11.4 Å². The molecule has 0 radical (unpaired) electrons. The van der Waals surface area contributed by atoms with Crippen molar-refractivity contribution in [2.45, 2.75) is 77.0 Å². The van der Waals surface area contributed by atoms with Gasteiger partial charge in [0.1, 0.15) is 36.2 Å². The maximum atomic E-state index is 13.8. The highest BCUT2D eigenvalue weighted by atomic mass is 31.2. The molecule has 2 aromatic rings. The normalized spacial score (nSPS) is 27.3. The van der Waals surface area contributed by atoms with E-state index in [1.165, 1.54) is 6.92 Å². The fraction of sp³-hybridized carbons (Fsp3) is 0.520. The van der Waals surface area contributed by atoms with Crippen LogP contribution in [-0.4, -0.2) is 53.8 Å². The van der Waals surface area contributed by atoms with Gasteiger partial charge in [0.25, 0.3) is 0 Å². The Morgan fingerprint density at radius 2 is 1.78 bits per heavy atom. The van der Waals surface area contributed by atoms with Crippen molar-refractivity contribution in [2.24, 2.45) is 0 Å². The van der Waals surface area contributed by atoms with Crippen LogP contribution in [0, 0.1) is 0 Å². The predicted molar refractivity (Wildman–Crippen MR) is 130 cm³/mol. The third kappa shape index (κ3) is 6.51. The molecule has 4 rings (SSSR count). The summed E-state index contributed by atoms with van der Waals surface area (Å²) in [4.78, 5) is 16.8. The minimum atomic E-state index is -4.05. The highest BCUT2D eigenvalue weighted by Gasteiger charge is 2.56. The summed E-state index contributed by atoms with van der Waals surface area (Å²) in [5.41, 5.74) is 0.697. The Labute approximate surface area is 211 Å². The largest absolute Gasteiger partial charge is 0.462 e. The first-order chi connectivity index (χ1) is 17.1. The molecule has 0 amide bonds. The van der Waals surface area contributed by atoms with Crippen LogP contribution in [0.3, 0.4) is 0 Å². The highest BCUT2D eigenvalue weighted by molar-refractivity contribution is 7.52. The number of para-hydroxylation sites is 1. The zero-order valence-electron chi connectivity index (χ0n) is 21.0. The van der Waals surface area contributed by atoms with Crippen LogP contribution in [0.4, 0.5) is 0 Å². The van der Waals surface area contributed by atoms with Crippen molar-refractivity contribution in [3.63, 3.8) is 0 Å². The molecule has 2 aliphatic rings. The standard InChI is InChI=1S/C25H33N2O8P/c1-16(2)31-24(28)17(3)27-36(29,35-18-11-7-6-8-12-18)30-15-20-22-23(34-25(4,5)33-22)21(32-20)19-13-9-10-14-26-19/h6-14,16-17,20-23H,15H2,1-5H3,(H,27,29)/t17-,20-,21+,22-,23+,36-/m1/s1. The second-order valence-corrected chi connectivity index (χ2v) is 11.1. The van der Waals surface area contributed by atoms with Gasteiger partial charge in [-0.25, -0.2) is 4.57 Å². The van der Waals surface area contributed by atoms with Crippen LogP contribution in [0.15, 0.2) is 54.7 Å². The third-order valence-electron chi connectivity index (χ3n) is 5.56. The summed E-state index contributed by atoms with van der Waals surface area (Å²) in [5.74, 6) is -1.09. The lowest BCUT2D eigenvalue weighted by Crippen LogP contribution is -2.38. The molecule has 0 unspecified atom stereocenters. The van der Waals surface area contributed by atoms with Gasteiger partial charge in [0.15, 0.2) is 5.79 Å². The molecule has 0 aliphatic carbocycles. The lowest BCUT2D eigenvalue weighted by molar-refractivity contribution is -0.190. The summed E-state index contributed by atoms with van der Waals surface area (Å²) in [6.45, 7) is 8.51. The number of nitrogens with one attached hydrogen (secondary N) is 1. The highest BCUT2D eigenvalue weighted by Crippen LogP contribution is 2.48. The van der Waals surface area contributed by atoms with E-state index in [-0.39, 0.29) is 12.7 Å². The van der Waals surface area contributed by atoms with Crippen molar-refractivity contribution in [2.75, 3.05) is 6.61 Å². The van der Waals surface area contributed by atoms with Crippen molar-refractivity contribution in [3.8, 4) is 5.75 Å². The zero-order valence-corrected chi connectivity index (χ0v) is 21.9. The first-order valence-corrected chi connectivity index (χ1v) is 13.5. The van der Waals surface area contributed by atoms with E-state index >= 15 is 0 Å². The van der Waals surface area contributed by atoms with Crippen LogP contribution in [-0.2, 0) is 32.8 Å². The molecule has 1 aromatic heterocycles. The Kier molecular flexibility index (Phi) is 8.14. The summed E-state index contributed by atoms with van der Waals surface area (Å²) < 4.78 is 49.0. The molecule has 0 spiro atoms. The lowest BCUT2D eigenvalue weighted by atomic mass is 10.1. The summed E-state index contributed by atoms with van der Waals surface area (Å²) in [7, 11) is -4.05. The van der Waals surface area contributed by atoms with Gasteiger partial charge < -0.3 is 23.5 Å². The molecule has 1 N–H and O–H groups in total. The van der Waals surface area contributed by atoms with Gasteiger partial charge in [-0.1, -0.05) is 24.3 Å². The molecule has 2 fully saturated rings. The van der Waals surface area contributed by atoms with Gasteiger partial charge in [-0.3, -0.25) is 14.3 Å². The van der Waals surface area contributed by atoms with Gasteiger partial charge in [-0.2, -0.15) is 5.09 Å². The van der Waals surface area contributed by atoms with Gasteiger partial charge in [-0.05, 0) is 58.9 Å². The number of esters is 1. The Balaban J connectivity index is 1.51. The molecule has 6 atom stereocenters. The number of ether oxygens (including phenoxy) is 4. The second kappa shape index (κ2) is 11.0. The maximum Gasteiger partial charge on any atom is 0.459 e. The topological polar surface area (TPSA) is 114 Å². The van der Waals surface area contributed by atoms with E-state index in [9.17, 15) is 9.36 Å². The van der Waals surface area contributed by atoms with Gasteiger partial charge >= 0.3 is 13.7 Å². The Hall–Kier alpha value is -2.33. The van der Waals surface area contributed by atoms with Crippen LogP contribution < -0.4 is 9.61 Å². The molecule has 0 saturated carbocycles. The minimum absolute atomic E-state index is 0.146. The molecule has 1 aromatic carbocycles. The van der Waals surface area contributed by atoms with Crippen molar-refractivity contribution in [1.82, 2.24) is 10.1 Å². The second-order valence-electron chi connectivity index (χ2n) is 9.45. The fourth-order valence-corrected chi connectivity index (χ4v) is 5.61. The Bertz CT molecular complexity index is 1070. The number of benzene rings is 1. The molecular formula is C25H33N2O8P. The quantitative estimate of drug-likeness (QED) is 0.362. The smallest absolute Gasteiger partial charge is 0.459 e. The molecular weight excluding hydrogens is 487 g/mol. The minimum Gasteiger partial charge on any atom is -0.462 e. The number of fused-ring (bicyclic) bond motifs is 1. The number of aromatic nitrogens is 1. The van der Waals surface area contributed by atoms with E-state index in [0.717, 1.165) is 0 Å². The van der Waals surface area contributed by atoms with Crippen LogP contribution in [0.2, 0.25) is 0 Å². The van der Waals surface area contributed by atoms with Crippen molar-refractivity contribution >= 4 is 13.7 Å². The monoisotopic (exact) mass is 520 g/mol. The van der Waals surface area contributed by atoms with Crippen molar-refractivity contribution < 1.29 is 37.4 Å². The maximum absolute atomic E-state index is 13.8. The van der Waals surface area contributed by atoms with Gasteiger partial charge in [0, 0.05) is 6.20 Å². The van der Waals surface area contributed by atoms with E-state index in [1.807, 2.05) is 32.0 Å². The average molecular weight is 521 g/mol. The number of carbonyl (C=O) groups is 1. The third-order valence-corrected chi connectivity index (χ3v) is 7.21. The number of pyridine rings is 1. The SMILES string of the molecule is CC(C)OC(=O)[C@@H](C)N[P@@](=O)(OC[C@H]1O[C@@H](c2ccccn2)[C@@H]2OC(C)(C)O[C@@H]21)Oc1ccccc1. The number of hydrogen-bond acceptors (Lipinski definition) is 9. The number of nitrogens with zero attached hydrogens (tertiary/aromatic N) is 1. The van der Waals surface area contributed by atoms with Crippen molar-refractivity contribution in [1.29, 1.82) is 0 Å². The zero-order chi connectivity index (χ0) is 25.9. The molecule has 11 heteroatoms. The number of hydrogen-bond donors (Lipinski definition) is 1. The number of carbonyl (C=O) groups excluding carboxylic acids is 1. The average Bonchev–Trinajstić information content (AvgIpc) is 3.31. The molecule has 3 heterocycles. The van der Waals surface area contributed by atoms with Crippen molar-refractivity contribution in [3.05, 3.63) is 60.4 Å². The van der Waals surface area contributed by atoms with Crippen LogP contribution in [0.5, 0.6) is 5.75 Å². The summed E-state index contributed by atoms with van der Waals surface area (Å²) >= 11 is 0. The lowest BCUT2D eigenvalue weighted by Gasteiger charge is -2.26. The Morgan fingerprint density at radius 1 is 1.08 bits per heavy atom. The first-order valence-electron chi connectivity index (χ1n) is 11.9. The fourth-order valence-electron chi connectivity index (χ4n) is 4.10. The Morgan fingerprint density at radius 3 is 2.44 bits per heavy atom. The molecule has 196 valence electrons. The van der Waals surface area contributed by atoms with E-state index < -0.39 is 50.0 Å². The first kappa shape index (κ1) is 26.7. The molecule has 2 aliphatic heterocycles. The van der Waals surface area contributed by atoms with E-state index in [1.54, 1.807) is 50.4 Å². The van der Waals surface area contributed by atoms with Gasteiger partial charge in [0.2, 0.25) is 0 Å². The number of rotatable bonds is 10. The van der Waals surface area contributed by atoms with Gasteiger partial charge in [0.05, 0.1) is 18.4 Å². The summed E-state index contributed by atoms with van der Waals surface area (Å²) in [5, 5.41) is 2.69. The molecule has 36 heavy (non-hydrogen) atoms. The summed E-state index contributed by atoms with van der Waals surface area (Å²) in [6.07, 6.45) is -0.675. The van der Waals surface area contributed by atoms with E-state index in [4.69, 9.17) is 28.0 Å². The predicted octanol–water partition coefficient (Wildman–Crippen LogP) is 4.18. The molecule has 2 saturated heterocycles. The van der Waals surface area contributed by atoms with Crippen LogP contribution in [0.25, 0.3) is 0 Å². The van der Waals surface area contributed by atoms with Crippen LogP contribution >= 0.6 is 7.75 Å².